The first-order chi connectivity index (χ1) is 12.1. The predicted molar refractivity (Wildman–Crippen MR) is 107 cm³/mol. The van der Waals surface area contributed by atoms with E-state index in [1.807, 2.05) is 0 Å². The molecule has 0 spiro atoms. The molecule has 0 amide bonds. The maximum Gasteiger partial charge on any atom is 0.126 e. The molecular weight excluding hydrogens is 306 g/mol. The second-order valence-corrected chi connectivity index (χ2v) is 6.92. The van der Waals surface area contributed by atoms with Crippen molar-refractivity contribution in [3.63, 3.8) is 0 Å². The van der Waals surface area contributed by atoms with Gasteiger partial charge < -0.3 is 4.74 Å². The van der Waals surface area contributed by atoms with Crippen LogP contribution in [0.2, 0.25) is 0 Å². The van der Waals surface area contributed by atoms with Gasteiger partial charge in [0.15, 0.2) is 0 Å². The molecule has 0 fully saturated rings. The van der Waals surface area contributed by atoms with Crippen molar-refractivity contribution >= 4 is 6.08 Å². The standard InChI is InChI=1S/C23H29NO/c1-6-8-18-14-20(21-13-16(3)9-10-23(21)25-5)19-11-12-24(7-2)15-22(19)17(18)4/h6,8-10,13-14H,7,11-12,15H2,1-5H3/b8-6-. The van der Waals surface area contributed by atoms with Crippen LogP contribution in [-0.4, -0.2) is 25.1 Å². The molecule has 132 valence electrons. The van der Waals surface area contributed by atoms with Crippen molar-refractivity contribution in [3.05, 3.63) is 58.2 Å². The van der Waals surface area contributed by atoms with E-state index in [-0.39, 0.29) is 0 Å². The lowest BCUT2D eigenvalue weighted by Crippen LogP contribution is -2.31. The Morgan fingerprint density at radius 2 is 1.92 bits per heavy atom. The number of hydrogen-bond acceptors (Lipinski definition) is 2. The minimum atomic E-state index is 0.959. The lowest BCUT2D eigenvalue weighted by molar-refractivity contribution is 0.267. The minimum absolute atomic E-state index is 0.959. The van der Waals surface area contributed by atoms with Gasteiger partial charge in [0.1, 0.15) is 5.75 Å². The molecule has 0 N–H and O–H groups in total. The van der Waals surface area contributed by atoms with Gasteiger partial charge in [-0.1, -0.05) is 30.7 Å². The van der Waals surface area contributed by atoms with Crippen molar-refractivity contribution < 1.29 is 4.74 Å². The third-order valence-electron chi connectivity index (χ3n) is 5.37. The average molecular weight is 335 g/mol. The number of aryl methyl sites for hydroxylation is 1. The van der Waals surface area contributed by atoms with Crippen LogP contribution in [-0.2, 0) is 13.0 Å². The normalized spacial score (nSPS) is 14.8. The highest BCUT2D eigenvalue weighted by atomic mass is 16.5. The van der Waals surface area contributed by atoms with Crippen LogP contribution >= 0.6 is 0 Å². The van der Waals surface area contributed by atoms with E-state index in [1.165, 1.54) is 38.9 Å². The fraction of sp³-hybridized carbons (Fsp3) is 0.391. The molecule has 0 radical (unpaired) electrons. The highest BCUT2D eigenvalue weighted by molar-refractivity contribution is 5.79. The summed E-state index contributed by atoms with van der Waals surface area (Å²) in [5.41, 5.74) is 9.56. The van der Waals surface area contributed by atoms with Crippen LogP contribution in [0, 0.1) is 13.8 Å². The fourth-order valence-electron chi connectivity index (χ4n) is 3.88. The van der Waals surface area contributed by atoms with Crippen LogP contribution in [0.4, 0.5) is 0 Å². The number of fused-ring (bicyclic) bond motifs is 1. The zero-order valence-electron chi connectivity index (χ0n) is 16.1. The van der Waals surface area contributed by atoms with Crippen molar-refractivity contribution in [1.82, 2.24) is 4.90 Å². The summed E-state index contributed by atoms with van der Waals surface area (Å²) >= 11 is 0. The van der Waals surface area contributed by atoms with Gasteiger partial charge in [-0.3, -0.25) is 4.90 Å². The minimum Gasteiger partial charge on any atom is -0.496 e. The Morgan fingerprint density at radius 1 is 1.12 bits per heavy atom. The Hall–Kier alpha value is -2.06. The molecular formula is C23H29NO. The highest BCUT2D eigenvalue weighted by Gasteiger charge is 2.23. The van der Waals surface area contributed by atoms with Gasteiger partial charge >= 0.3 is 0 Å². The third-order valence-corrected chi connectivity index (χ3v) is 5.37. The molecule has 0 atom stereocenters. The van der Waals surface area contributed by atoms with E-state index in [2.05, 4.69) is 69.0 Å². The molecule has 1 heterocycles. The van der Waals surface area contributed by atoms with E-state index in [0.717, 1.165) is 31.8 Å². The van der Waals surface area contributed by atoms with Crippen LogP contribution in [0.15, 0.2) is 30.3 Å². The Bertz CT molecular complexity index is 804. The van der Waals surface area contributed by atoms with Gasteiger partial charge in [-0.2, -0.15) is 0 Å². The zero-order chi connectivity index (χ0) is 18.0. The van der Waals surface area contributed by atoms with Crippen LogP contribution in [0.1, 0.15) is 41.7 Å². The highest BCUT2D eigenvalue weighted by Crippen LogP contribution is 2.39. The molecule has 0 saturated carbocycles. The number of hydrogen-bond donors (Lipinski definition) is 0. The monoisotopic (exact) mass is 335 g/mol. The number of nitrogens with zero attached hydrogens (tertiary/aromatic N) is 1. The first kappa shape index (κ1) is 17.8. The second-order valence-electron chi connectivity index (χ2n) is 6.92. The van der Waals surface area contributed by atoms with Crippen molar-refractivity contribution in [2.45, 2.75) is 40.7 Å². The quantitative estimate of drug-likeness (QED) is 0.743. The average Bonchev–Trinajstić information content (AvgIpc) is 2.63. The number of rotatable bonds is 4. The molecule has 2 aromatic carbocycles. The Kier molecular flexibility index (Phi) is 5.29. The summed E-state index contributed by atoms with van der Waals surface area (Å²) in [6.45, 7) is 12.0. The maximum absolute atomic E-state index is 5.69. The molecule has 2 aromatic rings. The summed E-state index contributed by atoms with van der Waals surface area (Å²) in [5, 5.41) is 0. The first-order valence-electron chi connectivity index (χ1n) is 9.24. The zero-order valence-corrected chi connectivity index (χ0v) is 16.1. The molecule has 1 aliphatic heterocycles. The Morgan fingerprint density at radius 3 is 2.60 bits per heavy atom. The summed E-state index contributed by atoms with van der Waals surface area (Å²) in [6, 6.07) is 8.82. The van der Waals surface area contributed by atoms with Crippen molar-refractivity contribution in [2.24, 2.45) is 0 Å². The Labute approximate surface area is 152 Å². The van der Waals surface area contributed by atoms with E-state index in [0.29, 0.717) is 0 Å². The molecule has 0 aliphatic carbocycles. The van der Waals surface area contributed by atoms with Crippen molar-refractivity contribution in [3.8, 4) is 16.9 Å². The van der Waals surface area contributed by atoms with E-state index in [4.69, 9.17) is 4.74 Å². The molecule has 0 unspecified atom stereocenters. The molecule has 2 heteroatoms. The first-order valence-corrected chi connectivity index (χ1v) is 9.24. The van der Waals surface area contributed by atoms with Crippen LogP contribution in [0.5, 0.6) is 5.75 Å². The molecule has 0 aromatic heterocycles. The fourth-order valence-corrected chi connectivity index (χ4v) is 3.88. The summed E-state index contributed by atoms with van der Waals surface area (Å²) in [7, 11) is 1.76. The lowest BCUT2D eigenvalue weighted by atomic mass is 9.84. The summed E-state index contributed by atoms with van der Waals surface area (Å²) in [4.78, 5) is 2.53. The van der Waals surface area contributed by atoms with Gasteiger partial charge in [-0.05, 0) is 79.8 Å². The van der Waals surface area contributed by atoms with Crippen molar-refractivity contribution in [1.29, 1.82) is 0 Å². The van der Waals surface area contributed by atoms with Gasteiger partial charge in [-0.15, -0.1) is 0 Å². The van der Waals surface area contributed by atoms with Crippen molar-refractivity contribution in [2.75, 3.05) is 20.2 Å². The third kappa shape index (κ3) is 3.36. The summed E-state index contributed by atoms with van der Waals surface area (Å²) in [6.07, 6.45) is 5.46. The smallest absolute Gasteiger partial charge is 0.126 e. The molecule has 0 bridgehead atoms. The number of likely N-dealkylation sites (N-methyl/N-ethyl adjacent to an activating group) is 1. The van der Waals surface area contributed by atoms with Gasteiger partial charge in [0.25, 0.3) is 0 Å². The molecule has 1 aliphatic rings. The second kappa shape index (κ2) is 7.45. The van der Waals surface area contributed by atoms with Gasteiger partial charge in [-0.25, -0.2) is 0 Å². The number of benzene rings is 2. The van der Waals surface area contributed by atoms with Gasteiger partial charge in [0.2, 0.25) is 0 Å². The molecule has 3 rings (SSSR count). The summed E-state index contributed by atoms with van der Waals surface area (Å²) < 4.78 is 5.69. The van der Waals surface area contributed by atoms with Crippen LogP contribution in [0.25, 0.3) is 17.2 Å². The maximum atomic E-state index is 5.69. The largest absolute Gasteiger partial charge is 0.496 e. The summed E-state index contributed by atoms with van der Waals surface area (Å²) in [5.74, 6) is 0.959. The number of methoxy groups -OCH3 is 1. The topological polar surface area (TPSA) is 12.5 Å². The van der Waals surface area contributed by atoms with Gasteiger partial charge in [0.05, 0.1) is 7.11 Å². The van der Waals surface area contributed by atoms with Gasteiger partial charge in [0, 0.05) is 18.7 Å². The molecule has 25 heavy (non-hydrogen) atoms. The molecule has 2 nitrogen and oxygen atoms in total. The predicted octanol–water partition coefficient (Wildman–Crippen LogP) is 5.39. The van der Waals surface area contributed by atoms with E-state index in [9.17, 15) is 0 Å². The van der Waals surface area contributed by atoms with E-state index >= 15 is 0 Å². The van der Waals surface area contributed by atoms with E-state index < -0.39 is 0 Å². The Balaban J connectivity index is 2.27. The van der Waals surface area contributed by atoms with E-state index in [1.54, 1.807) is 7.11 Å². The number of allylic oxidation sites excluding steroid dienone is 1. The van der Waals surface area contributed by atoms with Crippen LogP contribution < -0.4 is 4.74 Å². The molecule has 0 saturated heterocycles. The SMILES string of the molecule is C/C=C\c1cc(-c2cc(C)ccc2OC)c2c(c1C)CN(CC)CC2. The lowest BCUT2D eigenvalue weighted by Gasteiger charge is -2.31. The van der Waals surface area contributed by atoms with Crippen LogP contribution in [0.3, 0.4) is 0 Å². The number of ether oxygens (including phenoxy) is 1.